The molecule has 0 atom stereocenters. The summed E-state index contributed by atoms with van der Waals surface area (Å²) in [4.78, 5) is 40.9. The van der Waals surface area contributed by atoms with Crippen LogP contribution in [-0.4, -0.2) is 47.9 Å². The predicted octanol–water partition coefficient (Wildman–Crippen LogP) is 2.47. The van der Waals surface area contributed by atoms with Crippen molar-refractivity contribution in [3.63, 3.8) is 0 Å². The number of nitrogens with zero attached hydrogens (tertiary/aromatic N) is 2. The van der Waals surface area contributed by atoms with Crippen LogP contribution in [0.25, 0.3) is 5.57 Å². The molecule has 0 bridgehead atoms. The van der Waals surface area contributed by atoms with Crippen molar-refractivity contribution in [2.24, 2.45) is 0 Å². The maximum atomic E-state index is 13.5. The van der Waals surface area contributed by atoms with Gasteiger partial charge in [0.1, 0.15) is 5.70 Å². The summed E-state index contributed by atoms with van der Waals surface area (Å²) in [6.45, 7) is 5.23. The lowest BCUT2D eigenvalue weighted by Crippen LogP contribution is -2.35. The van der Waals surface area contributed by atoms with Gasteiger partial charge in [-0.15, -0.1) is 0 Å². The number of hydrogen-bond donors (Lipinski definition) is 2. The van der Waals surface area contributed by atoms with Crippen LogP contribution in [0.15, 0.2) is 48.2 Å². The zero-order valence-corrected chi connectivity index (χ0v) is 17.5. The Morgan fingerprint density at radius 3 is 2.33 bits per heavy atom. The number of aliphatic hydroxyl groups is 1. The van der Waals surface area contributed by atoms with Gasteiger partial charge in [-0.25, -0.2) is 4.90 Å². The van der Waals surface area contributed by atoms with Gasteiger partial charge in [0.2, 0.25) is 5.91 Å². The normalized spacial score (nSPS) is 13.8. The Bertz CT molecular complexity index is 1040. The van der Waals surface area contributed by atoms with E-state index < -0.39 is 11.8 Å². The Hall–Kier alpha value is -3.45. The molecule has 2 aromatic carbocycles. The van der Waals surface area contributed by atoms with Crippen molar-refractivity contribution < 1.29 is 19.5 Å². The fraction of sp³-hybridized carbons (Fsp3) is 0.261. The first-order chi connectivity index (χ1) is 14.2. The van der Waals surface area contributed by atoms with Gasteiger partial charge in [0.15, 0.2) is 0 Å². The first-order valence-electron chi connectivity index (χ1n) is 9.65. The molecule has 2 aromatic rings. The highest BCUT2D eigenvalue weighted by molar-refractivity contribution is 6.45. The first-order valence-corrected chi connectivity index (χ1v) is 9.65. The molecule has 0 aromatic heterocycles. The zero-order chi connectivity index (χ0) is 22.0. The highest BCUT2D eigenvalue weighted by Crippen LogP contribution is 2.36. The Kier molecular flexibility index (Phi) is 6.03. The number of imide groups is 1. The Morgan fingerprint density at radius 1 is 1.07 bits per heavy atom. The second kappa shape index (κ2) is 8.51. The second-order valence-electron chi connectivity index (χ2n) is 7.36. The van der Waals surface area contributed by atoms with Gasteiger partial charge in [-0.1, -0.05) is 24.3 Å². The van der Waals surface area contributed by atoms with Crippen LogP contribution in [0.2, 0.25) is 0 Å². The Morgan fingerprint density at radius 2 is 1.73 bits per heavy atom. The summed E-state index contributed by atoms with van der Waals surface area (Å²) in [5.74, 6) is -1.04. The van der Waals surface area contributed by atoms with Crippen molar-refractivity contribution in [3.05, 3.63) is 64.9 Å². The monoisotopic (exact) mass is 407 g/mol. The number of anilines is 2. The molecule has 0 saturated heterocycles. The molecule has 0 aliphatic carbocycles. The largest absolute Gasteiger partial charge is 0.395 e. The summed E-state index contributed by atoms with van der Waals surface area (Å²) in [7, 11) is 1.68. The van der Waals surface area contributed by atoms with Crippen molar-refractivity contribution in [3.8, 4) is 0 Å². The number of benzene rings is 2. The lowest BCUT2D eigenvalue weighted by molar-refractivity contribution is -0.120. The molecule has 7 nitrogen and oxygen atoms in total. The summed E-state index contributed by atoms with van der Waals surface area (Å²) < 4.78 is 0. The third-order valence-corrected chi connectivity index (χ3v) is 4.98. The predicted molar refractivity (Wildman–Crippen MR) is 116 cm³/mol. The molecule has 2 N–H and O–H groups in total. The molecule has 3 rings (SSSR count). The van der Waals surface area contributed by atoms with Gasteiger partial charge in [0, 0.05) is 26.2 Å². The van der Waals surface area contributed by atoms with Crippen LogP contribution >= 0.6 is 0 Å². The average molecular weight is 407 g/mol. The number of aryl methyl sites for hydroxylation is 2. The minimum absolute atomic E-state index is 0.153. The molecule has 3 amide bonds. The number of likely N-dealkylation sites (N-methyl/N-ethyl adjacent to an activating group) is 1. The molecule has 156 valence electrons. The van der Waals surface area contributed by atoms with Gasteiger partial charge in [-0.3, -0.25) is 14.4 Å². The standard InChI is InChI=1S/C23H25N3O4/c1-14-5-6-15(2)19(13-14)26-22(29)20(21(23(26)30)25(4)11-12-27)17-7-9-18(10-8-17)24-16(3)28/h5-10,13,27H,11-12H2,1-4H3,(H,24,28). The van der Waals surface area contributed by atoms with Crippen LogP contribution in [0.4, 0.5) is 11.4 Å². The topological polar surface area (TPSA) is 90.0 Å². The molecule has 0 spiro atoms. The van der Waals surface area contributed by atoms with Gasteiger partial charge in [-0.2, -0.15) is 0 Å². The number of nitrogens with one attached hydrogen (secondary N) is 1. The van der Waals surface area contributed by atoms with E-state index >= 15 is 0 Å². The van der Waals surface area contributed by atoms with Gasteiger partial charge >= 0.3 is 0 Å². The van der Waals surface area contributed by atoms with E-state index in [9.17, 15) is 19.5 Å². The zero-order valence-electron chi connectivity index (χ0n) is 17.5. The first kappa shape index (κ1) is 21.3. The number of aliphatic hydroxyl groups excluding tert-OH is 1. The lowest BCUT2D eigenvalue weighted by Gasteiger charge is -2.21. The van der Waals surface area contributed by atoms with E-state index in [-0.39, 0.29) is 30.3 Å². The highest BCUT2D eigenvalue weighted by atomic mass is 16.3. The van der Waals surface area contributed by atoms with E-state index in [1.165, 1.54) is 11.8 Å². The Balaban J connectivity index is 2.10. The third kappa shape index (κ3) is 3.97. The van der Waals surface area contributed by atoms with Crippen molar-refractivity contribution in [2.75, 3.05) is 30.4 Å². The summed E-state index contributed by atoms with van der Waals surface area (Å²) in [6, 6.07) is 12.4. The molecule has 0 unspecified atom stereocenters. The van der Waals surface area contributed by atoms with E-state index in [4.69, 9.17) is 0 Å². The summed E-state index contributed by atoms with van der Waals surface area (Å²) in [5, 5.41) is 12.1. The minimum atomic E-state index is -0.425. The van der Waals surface area contributed by atoms with Gasteiger partial charge in [0.25, 0.3) is 11.8 Å². The van der Waals surface area contributed by atoms with Crippen LogP contribution in [0.1, 0.15) is 23.6 Å². The average Bonchev–Trinajstić information content (AvgIpc) is 2.94. The van der Waals surface area contributed by atoms with E-state index in [1.54, 1.807) is 36.2 Å². The number of carbonyl (C=O) groups is 3. The maximum Gasteiger partial charge on any atom is 0.282 e. The minimum Gasteiger partial charge on any atom is -0.395 e. The van der Waals surface area contributed by atoms with Gasteiger partial charge in [0.05, 0.1) is 17.9 Å². The second-order valence-corrected chi connectivity index (χ2v) is 7.36. The highest BCUT2D eigenvalue weighted by Gasteiger charge is 2.42. The molecule has 1 aliphatic rings. The molecule has 0 fully saturated rings. The van der Waals surface area contributed by atoms with Crippen LogP contribution < -0.4 is 10.2 Å². The Labute approximate surface area is 175 Å². The molecular formula is C23H25N3O4. The smallest absolute Gasteiger partial charge is 0.282 e. The fourth-order valence-electron chi connectivity index (χ4n) is 3.50. The van der Waals surface area contributed by atoms with Crippen LogP contribution in [0, 0.1) is 13.8 Å². The molecule has 30 heavy (non-hydrogen) atoms. The molecular weight excluding hydrogens is 382 g/mol. The van der Waals surface area contributed by atoms with E-state index in [2.05, 4.69) is 5.32 Å². The third-order valence-electron chi connectivity index (χ3n) is 4.98. The SMILES string of the molecule is CC(=O)Nc1ccc(C2=C(N(C)CCO)C(=O)N(c3cc(C)ccc3C)C2=O)cc1. The van der Waals surface area contributed by atoms with E-state index in [1.807, 2.05) is 32.0 Å². The molecule has 0 radical (unpaired) electrons. The number of carbonyl (C=O) groups excluding carboxylic acids is 3. The van der Waals surface area contributed by atoms with Crippen molar-refractivity contribution in [2.45, 2.75) is 20.8 Å². The number of amides is 3. The molecule has 7 heteroatoms. The summed E-state index contributed by atoms with van der Waals surface area (Å²) in [6.07, 6.45) is 0. The summed E-state index contributed by atoms with van der Waals surface area (Å²) in [5.41, 5.74) is 3.97. The fourth-order valence-corrected chi connectivity index (χ4v) is 3.50. The van der Waals surface area contributed by atoms with E-state index in [0.717, 1.165) is 11.1 Å². The van der Waals surface area contributed by atoms with Crippen molar-refractivity contribution >= 4 is 34.7 Å². The summed E-state index contributed by atoms with van der Waals surface area (Å²) >= 11 is 0. The number of hydrogen-bond acceptors (Lipinski definition) is 5. The molecule has 1 aliphatic heterocycles. The number of rotatable bonds is 6. The van der Waals surface area contributed by atoms with Crippen molar-refractivity contribution in [1.82, 2.24) is 4.90 Å². The van der Waals surface area contributed by atoms with Crippen molar-refractivity contribution in [1.29, 1.82) is 0 Å². The van der Waals surface area contributed by atoms with E-state index in [0.29, 0.717) is 16.9 Å². The lowest BCUT2D eigenvalue weighted by atomic mass is 10.0. The van der Waals surface area contributed by atoms with Crippen LogP contribution in [-0.2, 0) is 14.4 Å². The van der Waals surface area contributed by atoms with Gasteiger partial charge in [-0.05, 0) is 48.7 Å². The molecule has 0 saturated carbocycles. The van der Waals surface area contributed by atoms with Gasteiger partial charge < -0.3 is 15.3 Å². The quantitative estimate of drug-likeness (QED) is 0.718. The molecule has 1 heterocycles. The van der Waals surface area contributed by atoms with Crippen LogP contribution in [0.3, 0.4) is 0 Å². The van der Waals surface area contributed by atoms with Crippen LogP contribution in [0.5, 0.6) is 0 Å². The maximum absolute atomic E-state index is 13.5.